The van der Waals surface area contributed by atoms with Crippen molar-refractivity contribution in [3.05, 3.63) is 32.6 Å². The summed E-state index contributed by atoms with van der Waals surface area (Å²) in [6, 6.07) is 0.106. The summed E-state index contributed by atoms with van der Waals surface area (Å²) in [5, 5.41) is 0. The molecule has 1 fully saturated rings. The van der Waals surface area contributed by atoms with E-state index in [0.29, 0.717) is 5.56 Å². The van der Waals surface area contributed by atoms with Crippen LogP contribution in [0, 0.1) is 6.92 Å². The molecule has 1 aromatic rings. The Morgan fingerprint density at radius 1 is 1.27 bits per heavy atom. The van der Waals surface area contributed by atoms with Crippen molar-refractivity contribution < 1.29 is 0 Å². The van der Waals surface area contributed by atoms with Crippen LogP contribution >= 0.6 is 0 Å². The van der Waals surface area contributed by atoms with Crippen molar-refractivity contribution in [2.45, 2.75) is 45.1 Å². The highest BCUT2D eigenvalue weighted by atomic mass is 16.2. The minimum absolute atomic E-state index is 0.106. The van der Waals surface area contributed by atoms with Crippen LogP contribution in [0.3, 0.4) is 0 Å². The molecule has 0 aromatic carbocycles. The van der Waals surface area contributed by atoms with Crippen molar-refractivity contribution in [2.24, 2.45) is 0 Å². The molecule has 1 aromatic heterocycles. The second kappa shape index (κ2) is 4.04. The molecule has 0 unspecified atom stereocenters. The lowest BCUT2D eigenvalue weighted by Crippen LogP contribution is -2.39. The van der Waals surface area contributed by atoms with Crippen LogP contribution in [0.2, 0.25) is 0 Å². The van der Waals surface area contributed by atoms with Gasteiger partial charge in [0.05, 0.1) is 0 Å². The van der Waals surface area contributed by atoms with Crippen molar-refractivity contribution in [3.63, 3.8) is 0 Å². The molecule has 0 atom stereocenters. The van der Waals surface area contributed by atoms with Crippen molar-refractivity contribution in [2.75, 3.05) is 0 Å². The maximum Gasteiger partial charge on any atom is 0.328 e. The minimum Gasteiger partial charge on any atom is -0.314 e. The van der Waals surface area contributed by atoms with Crippen LogP contribution in [0.5, 0.6) is 0 Å². The first-order chi connectivity index (χ1) is 7.20. The summed E-state index contributed by atoms with van der Waals surface area (Å²) in [6.45, 7) is 1.73. The molecule has 0 amide bonds. The zero-order valence-corrected chi connectivity index (χ0v) is 8.95. The van der Waals surface area contributed by atoms with E-state index in [9.17, 15) is 9.59 Å². The summed E-state index contributed by atoms with van der Waals surface area (Å²) < 4.78 is 1.40. The van der Waals surface area contributed by atoms with Gasteiger partial charge in [-0.2, -0.15) is 0 Å². The fourth-order valence-corrected chi connectivity index (χ4v) is 2.25. The third-order valence-electron chi connectivity index (χ3n) is 3.13. The van der Waals surface area contributed by atoms with Crippen molar-refractivity contribution in [1.29, 1.82) is 0 Å². The first kappa shape index (κ1) is 10.2. The van der Waals surface area contributed by atoms with Gasteiger partial charge in [-0.1, -0.05) is 19.3 Å². The number of aryl methyl sites for hydroxylation is 1. The average Bonchev–Trinajstić information content (AvgIpc) is 2.26. The van der Waals surface area contributed by atoms with Gasteiger partial charge in [-0.15, -0.1) is 0 Å². The molecule has 4 heteroatoms. The number of nitrogens with zero attached hydrogens (tertiary/aromatic N) is 1. The molecule has 4 nitrogen and oxygen atoms in total. The molecule has 1 aliphatic carbocycles. The molecule has 0 bridgehead atoms. The predicted molar refractivity (Wildman–Crippen MR) is 58.2 cm³/mol. The van der Waals surface area contributed by atoms with E-state index in [-0.39, 0.29) is 17.3 Å². The highest BCUT2D eigenvalue weighted by Gasteiger charge is 2.18. The number of aromatic nitrogens is 2. The molecule has 1 aliphatic rings. The molecule has 1 saturated carbocycles. The molecule has 0 spiro atoms. The number of hydrogen-bond donors (Lipinski definition) is 1. The summed E-state index contributed by atoms with van der Waals surface area (Å²) in [6.07, 6.45) is 6.84. The minimum atomic E-state index is -0.266. The molecule has 1 heterocycles. The lowest BCUT2D eigenvalue weighted by molar-refractivity contribution is 0.335. The average molecular weight is 208 g/mol. The number of hydrogen-bond acceptors (Lipinski definition) is 2. The van der Waals surface area contributed by atoms with Gasteiger partial charge in [0.25, 0.3) is 5.56 Å². The second-order valence-electron chi connectivity index (χ2n) is 4.24. The van der Waals surface area contributed by atoms with Crippen LogP contribution in [0.1, 0.15) is 43.7 Å². The van der Waals surface area contributed by atoms with Gasteiger partial charge in [0, 0.05) is 17.8 Å². The zero-order chi connectivity index (χ0) is 10.8. The number of H-pyrrole nitrogens is 1. The van der Waals surface area contributed by atoms with Gasteiger partial charge in [-0.05, 0) is 19.8 Å². The van der Waals surface area contributed by atoms with Gasteiger partial charge in [-0.3, -0.25) is 9.36 Å². The van der Waals surface area contributed by atoms with Crippen molar-refractivity contribution in [3.8, 4) is 0 Å². The Morgan fingerprint density at radius 2 is 1.93 bits per heavy atom. The molecule has 82 valence electrons. The first-order valence-electron chi connectivity index (χ1n) is 5.51. The Balaban J connectivity index is 2.46. The normalized spacial score (nSPS) is 17.9. The maximum absolute atomic E-state index is 11.8. The largest absolute Gasteiger partial charge is 0.328 e. The smallest absolute Gasteiger partial charge is 0.314 e. The Hall–Kier alpha value is -1.32. The van der Waals surface area contributed by atoms with Gasteiger partial charge in [0.2, 0.25) is 0 Å². The van der Waals surface area contributed by atoms with Crippen LogP contribution < -0.4 is 11.2 Å². The predicted octanol–water partition coefficient (Wildman–Crippen LogP) is 1.35. The van der Waals surface area contributed by atoms with Crippen LogP contribution in [-0.2, 0) is 0 Å². The van der Waals surface area contributed by atoms with E-state index in [1.807, 2.05) is 0 Å². The maximum atomic E-state index is 11.8. The molecule has 2 rings (SSSR count). The monoisotopic (exact) mass is 208 g/mol. The van der Waals surface area contributed by atoms with Gasteiger partial charge >= 0.3 is 5.69 Å². The number of nitrogens with one attached hydrogen (secondary N) is 1. The fourth-order valence-electron chi connectivity index (χ4n) is 2.25. The summed E-state index contributed by atoms with van der Waals surface area (Å²) >= 11 is 0. The third kappa shape index (κ3) is 1.89. The Labute approximate surface area is 88.0 Å². The standard InChI is InChI=1S/C11H16N2O2/c1-8-7-12-11(15)13(10(8)14)9-5-3-2-4-6-9/h7,9H,2-6H2,1H3,(H,12,15). The van der Waals surface area contributed by atoms with E-state index >= 15 is 0 Å². The molecule has 0 aliphatic heterocycles. The zero-order valence-electron chi connectivity index (χ0n) is 8.95. The summed E-state index contributed by atoms with van der Waals surface area (Å²) in [4.78, 5) is 26.0. The fraction of sp³-hybridized carbons (Fsp3) is 0.636. The van der Waals surface area contributed by atoms with Crippen molar-refractivity contribution in [1.82, 2.24) is 9.55 Å². The Kier molecular flexibility index (Phi) is 2.75. The molecular formula is C11H16N2O2. The first-order valence-corrected chi connectivity index (χ1v) is 5.51. The van der Waals surface area contributed by atoms with Crippen LogP contribution in [0.15, 0.2) is 15.8 Å². The Morgan fingerprint density at radius 3 is 2.60 bits per heavy atom. The van der Waals surface area contributed by atoms with Gasteiger partial charge in [-0.25, -0.2) is 4.79 Å². The molecule has 0 radical (unpaired) electrons. The van der Waals surface area contributed by atoms with E-state index in [2.05, 4.69) is 4.98 Å². The van der Waals surface area contributed by atoms with Gasteiger partial charge in [0.1, 0.15) is 0 Å². The summed E-state index contributed by atoms with van der Waals surface area (Å²) in [5.74, 6) is 0. The molecule has 15 heavy (non-hydrogen) atoms. The van der Waals surface area contributed by atoms with E-state index < -0.39 is 0 Å². The van der Waals surface area contributed by atoms with Gasteiger partial charge in [0.15, 0.2) is 0 Å². The summed E-state index contributed by atoms with van der Waals surface area (Å²) in [7, 11) is 0. The Bertz CT molecular complexity index is 452. The number of aromatic amines is 1. The lowest BCUT2D eigenvalue weighted by atomic mass is 9.95. The molecule has 1 N–H and O–H groups in total. The highest BCUT2D eigenvalue weighted by Crippen LogP contribution is 2.25. The van der Waals surface area contributed by atoms with Gasteiger partial charge < -0.3 is 4.98 Å². The number of rotatable bonds is 1. The lowest BCUT2D eigenvalue weighted by Gasteiger charge is -2.22. The van der Waals surface area contributed by atoms with E-state index in [1.54, 1.807) is 6.92 Å². The SMILES string of the molecule is Cc1c[nH]c(=O)n(C2CCCCC2)c1=O. The molecular weight excluding hydrogens is 192 g/mol. The van der Waals surface area contributed by atoms with E-state index in [1.165, 1.54) is 17.2 Å². The summed E-state index contributed by atoms with van der Waals surface area (Å²) in [5.41, 5.74) is 0.211. The van der Waals surface area contributed by atoms with Crippen molar-refractivity contribution >= 4 is 0 Å². The second-order valence-corrected chi connectivity index (χ2v) is 4.24. The highest BCUT2D eigenvalue weighted by molar-refractivity contribution is 5.02. The topological polar surface area (TPSA) is 54.9 Å². The van der Waals surface area contributed by atoms with Crippen LogP contribution in [0.4, 0.5) is 0 Å². The van der Waals surface area contributed by atoms with Crippen LogP contribution in [0.25, 0.3) is 0 Å². The van der Waals surface area contributed by atoms with E-state index in [0.717, 1.165) is 25.7 Å². The quantitative estimate of drug-likeness (QED) is 0.757. The van der Waals surface area contributed by atoms with E-state index in [4.69, 9.17) is 0 Å². The third-order valence-corrected chi connectivity index (χ3v) is 3.13. The van der Waals surface area contributed by atoms with Crippen LogP contribution in [-0.4, -0.2) is 9.55 Å². The molecule has 0 saturated heterocycles.